The van der Waals surface area contributed by atoms with Gasteiger partial charge in [-0.2, -0.15) is 0 Å². The molecule has 0 amide bonds. The third-order valence-corrected chi connectivity index (χ3v) is 1.98. The summed E-state index contributed by atoms with van der Waals surface area (Å²) < 4.78 is 25.9. The van der Waals surface area contributed by atoms with Gasteiger partial charge in [-0.05, 0) is 28.1 Å². The summed E-state index contributed by atoms with van der Waals surface area (Å²) in [5.74, 6) is -3.17. The van der Waals surface area contributed by atoms with Crippen molar-refractivity contribution >= 4 is 15.9 Å². The van der Waals surface area contributed by atoms with E-state index in [9.17, 15) is 8.78 Å². The van der Waals surface area contributed by atoms with Gasteiger partial charge >= 0.3 is 0 Å². The van der Waals surface area contributed by atoms with Crippen LogP contribution in [0.4, 0.5) is 8.78 Å². The van der Waals surface area contributed by atoms with Gasteiger partial charge in [0.25, 0.3) is 5.92 Å². The zero-order valence-corrected chi connectivity index (χ0v) is 8.42. The Morgan fingerprint density at radius 2 is 2.15 bits per heavy atom. The minimum atomic E-state index is -3.17. The summed E-state index contributed by atoms with van der Waals surface area (Å²) in [6, 6.07) is 2.91. The van der Waals surface area contributed by atoms with Crippen LogP contribution in [0.1, 0.15) is 18.7 Å². The molecule has 1 heterocycles. The van der Waals surface area contributed by atoms with Gasteiger partial charge in [0, 0.05) is 17.6 Å². The Bertz CT molecular complexity index is 283. The molecule has 0 fully saturated rings. The molecule has 1 atom stereocenters. The van der Waals surface area contributed by atoms with Gasteiger partial charge in [-0.3, -0.25) is 4.98 Å². The molecular formula is C8H8BrF2NO. The van der Waals surface area contributed by atoms with E-state index in [1.807, 2.05) is 0 Å². The molecule has 1 N–H and O–H groups in total. The average Bonchev–Trinajstić information content (AvgIpc) is 2.03. The van der Waals surface area contributed by atoms with Gasteiger partial charge in [0.15, 0.2) is 6.10 Å². The Morgan fingerprint density at radius 1 is 1.54 bits per heavy atom. The Kier molecular flexibility index (Phi) is 2.98. The Balaban J connectivity index is 2.90. The number of rotatable bonds is 2. The molecule has 0 radical (unpaired) electrons. The van der Waals surface area contributed by atoms with Crippen LogP contribution in [0.5, 0.6) is 0 Å². The number of pyridine rings is 1. The van der Waals surface area contributed by atoms with Crippen molar-refractivity contribution in [2.24, 2.45) is 0 Å². The zero-order valence-electron chi connectivity index (χ0n) is 6.84. The lowest BCUT2D eigenvalue weighted by molar-refractivity contribution is -0.0972. The molecule has 0 bridgehead atoms. The van der Waals surface area contributed by atoms with Crippen LogP contribution in [0.2, 0.25) is 0 Å². The Hall–Kier alpha value is -0.550. The van der Waals surface area contributed by atoms with Crippen molar-refractivity contribution in [1.82, 2.24) is 4.98 Å². The molecule has 1 aromatic heterocycles. The van der Waals surface area contributed by atoms with Gasteiger partial charge < -0.3 is 5.11 Å². The van der Waals surface area contributed by atoms with E-state index >= 15 is 0 Å². The second-order valence-corrected chi connectivity index (χ2v) is 3.68. The fraction of sp³-hybridized carbons (Fsp3) is 0.375. The van der Waals surface area contributed by atoms with Gasteiger partial charge in [0.2, 0.25) is 0 Å². The standard InChI is InChI=1S/C8H8BrF2NO/c1-8(10,11)7(13)6-3-2-5(9)4-12-6/h2-4,7,13H,1H3. The van der Waals surface area contributed by atoms with Crippen molar-refractivity contribution in [3.63, 3.8) is 0 Å². The highest BCUT2D eigenvalue weighted by atomic mass is 79.9. The van der Waals surface area contributed by atoms with Gasteiger partial charge in [-0.15, -0.1) is 0 Å². The van der Waals surface area contributed by atoms with Crippen LogP contribution in [-0.2, 0) is 0 Å². The smallest absolute Gasteiger partial charge is 0.276 e. The summed E-state index contributed by atoms with van der Waals surface area (Å²) in [6.07, 6.45) is -0.481. The van der Waals surface area contributed by atoms with Crippen LogP contribution in [0.15, 0.2) is 22.8 Å². The fourth-order valence-electron chi connectivity index (χ4n) is 0.809. The lowest BCUT2D eigenvalue weighted by Crippen LogP contribution is -2.22. The number of alkyl halides is 2. The number of aliphatic hydroxyl groups is 1. The molecule has 0 aliphatic rings. The maximum absolute atomic E-state index is 12.6. The highest BCUT2D eigenvalue weighted by Crippen LogP contribution is 2.29. The van der Waals surface area contributed by atoms with Crippen molar-refractivity contribution < 1.29 is 13.9 Å². The van der Waals surface area contributed by atoms with Crippen LogP contribution in [-0.4, -0.2) is 16.0 Å². The molecular weight excluding hydrogens is 244 g/mol. The molecule has 0 saturated carbocycles. The third-order valence-electron chi connectivity index (χ3n) is 1.51. The molecule has 0 aliphatic heterocycles. The van der Waals surface area contributed by atoms with Crippen LogP contribution >= 0.6 is 15.9 Å². The number of hydrogen-bond acceptors (Lipinski definition) is 2. The second kappa shape index (κ2) is 3.67. The van der Waals surface area contributed by atoms with Gasteiger partial charge in [0.05, 0.1) is 5.69 Å². The molecule has 2 nitrogen and oxygen atoms in total. The van der Waals surface area contributed by atoms with E-state index in [0.29, 0.717) is 11.4 Å². The fourth-order valence-corrected chi connectivity index (χ4v) is 1.04. The predicted molar refractivity (Wildman–Crippen MR) is 47.5 cm³/mol. The lowest BCUT2D eigenvalue weighted by atomic mass is 10.1. The van der Waals surface area contributed by atoms with E-state index in [4.69, 9.17) is 5.11 Å². The van der Waals surface area contributed by atoms with Crippen molar-refractivity contribution in [3.8, 4) is 0 Å². The highest BCUT2D eigenvalue weighted by Gasteiger charge is 2.34. The number of aromatic nitrogens is 1. The average molecular weight is 252 g/mol. The highest BCUT2D eigenvalue weighted by molar-refractivity contribution is 9.10. The molecule has 1 aromatic rings. The molecule has 13 heavy (non-hydrogen) atoms. The van der Waals surface area contributed by atoms with Crippen molar-refractivity contribution in [1.29, 1.82) is 0 Å². The number of aliphatic hydroxyl groups excluding tert-OH is 1. The van der Waals surface area contributed by atoms with E-state index in [0.717, 1.165) is 0 Å². The molecule has 0 spiro atoms. The first-order chi connectivity index (χ1) is 5.91. The topological polar surface area (TPSA) is 33.1 Å². The largest absolute Gasteiger partial charge is 0.380 e. The molecule has 0 aliphatic carbocycles. The van der Waals surface area contributed by atoms with E-state index in [1.165, 1.54) is 12.3 Å². The first-order valence-corrected chi connectivity index (χ1v) is 4.38. The summed E-state index contributed by atoms with van der Waals surface area (Å²) in [4.78, 5) is 3.67. The van der Waals surface area contributed by atoms with Gasteiger partial charge in [0.1, 0.15) is 0 Å². The first-order valence-electron chi connectivity index (χ1n) is 3.58. The molecule has 5 heteroatoms. The number of hydrogen-bond donors (Lipinski definition) is 1. The lowest BCUT2D eigenvalue weighted by Gasteiger charge is -2.17. The van der Waals surface area contributed by atoms with E-state index in [-0.39, 0.29) is 5.69 Å². The predicted octanol–water partition coefficient (Wildman–Crippen LogP) is 2.53. The van der Waals surface area contributed by atoms with Gasteiger partial charge in [-0.1, -0.05) is 0 Å². The molecule has 1 rings (SSSR count). The zero-order chi connectivity index (χ0) is 10.1. The first kappa shape index (κ1) is 10.5. The maximum atomic E-state index is 12.6. The summed E-state index contributed by atoms with van der Waals surface area (Å²) in [7, 11) is 0. The molecule has 0 aromatic carbocycles. The summed E-state index contributed by atoms with van der Waals surface area (Å²) in [5, 5.41) is 9.12. The number of nitrogens with zero attached hydrogens (tertiary/aromatic N) is 1. The van der Waals surface area contributed by atoms with Crippen molar-refractivity contribution in [3.05, 3.63) is 28.5 Å². The van der Waals surface area contributed by atoms with E-state index in [2.05, 4.69) is 20.9 Å². The minimum absolute atomic E-state index is 0.0318. The van der Waals surface area contributed by atoms with Crippen molar-refractivity contribution in [2.75, 3.05) is 0 Å². The van der Waals surface area contributed by atoms with E-state index in [1.54, 1.807) is 6.07 Å². The quantitative estimate of drug-likeness (QED) is 0.877. The summed E-state index contributed by atoms with van der Waals surface area (Å²) in [6.45, 7) is 0.654. The Labute approximate surface area is 82.7 Å². The van der Waals surface area contributed by atoms with Crippen LogP contribution in [0, 0.1) is 0 Å². The monoisotopic (exact) mass is 251 g/mol. The number of halogens is 3. The summed E-state index contributed by atoms with van der Waals surface area (Å²) in [5.41, 5.74) is -0.0318. The van der Waals surface area contributed by atoms with Crippen LogP contribution in [0.3, 0.4) is 0 Å². The molecule has 72 valence electrons. The molecule has 0 saturated heterocycles. The second-order valence-electron chi connectivity index (χ2n) is 2.76. The summed E-state index contributed by atoms with van der Waals surface area (Å²) >= 11 is 3.11. The van der Waals surface area contributed by atoms with Crippen LogP contribution in [0.25, 0.3) is 0 Å². The van der Waals surface area contributed by atoms with E-state index < -0.39 is 12.0 Å². The SMILES string of the molecule is CC(F)(F)C(O)c1ccc(Br)cn1. The maximum Gasteiger partial charge on any atom is 0.276 e. The minimum Gasteiger partial charge on any atom is -0.380 e. The third kappa shape index (κ3) is 2.70. The van der Waals surface area contributed by atoms with Gasteiger partial charge in [-0.25, -0.2) is 8.78 Å². The normalized spacial score (nSPS) is 14.2. The van der Waals surface area contributed by atoms with Crippen LogP contribution < -0.4 is 0 Å². The molecule has 1 unspecified atom stereocenters. The van der Waals surface area contributed by atoms with Crippen molar-refractivity contribution in [2.45, 2.75) is 19.0 Å². The Morgan fingerprint density at radius 3 is 2.54 bits per heavy atom.